The molecule has 17 heavy (non-hydrogen) atoms. The number of benzene rings is 1. The quantitative estimate of drug-likeness (QED) is 0.817. The van der Waals surface area contributed by atoms with E-state index < -0.39 is 0 Å². The van der Waals surface area contributed by atoms with Crippen LogP contribution in [-0.2, 0) is 6.42 Å². The van der Waals surface area contributed by atoms with Gasteiger partial charge in [-0.15, -0.1) is 11.3 Å². The van der Waals surface area contributed by atoms with Gasteiger partial charge in [0.15, 0.2) is 0 Å². The van der Waals surface area contributed by atoms with E-state index in [4.69, 9.17) is 0 Å². The molecule has 1 aromatic heterocycles. The first kappa shape index (κ1) is 11.7. The Balaban J connectivity index is 1.78. The van der Waals surface area contributed by atoms with Gasteiger partial charge in [0, 0.05) is 26.0 Å². The summed E-state index contributed by atoms with van der Waals surface area (Å²) in [5.41, 5.74) is 0. The molecule has 0 aliphatic carbocycles. The number of rotatable bonds is 3. The summed E-state index contributed by atoms with van der Waals surface area (Å²) in [6, 6.07) is 8.65. The maximum Gasteiger partial charge on any atom is 0.0393 e. The third-order valence-corrected chi connectivity index (χ3v) is 5.85. The smallest absolute Gasteiger partial charge is 0.0393 e. The van der Waals surface area contributed by atoms with Gasteiger partial charge >= 0.3 is 0 Å². The molecule has 1 nitrogen and oxygen atoms in total. The molecular formula is C14H16BrNS. The summed E-state index contributed by atoms with van der Waals surface area (Å²) in [5, 5.41) is 1.37. The van der Waals surface area contributed by atoms with Gasteiger partial charge in [0.25, 0.3) is 0 Å². The summed E-state index contributed by atoms with van der Waals surface area (Å²) in [6.07, 6.45) is 3.95. The fourth-order valence-corrected chi connectivity index (χ4v) is 4.49. The topological polar surface area (TPSA) is 3.24 Å². The van der Waals surface area contributed by atoms with E-state index in [2.05, 4.69) is 45.1 Å². The fraction of sp³-hybridized carbons (Fsp3) is 0.429. The van der Waals surface area contributed by atoms with Crippen LogP contribution in [0.25, 0.3) is 10.1 Å². The van der Waals surface area contributed by atoms with Crippen molar-refractivity contribution in [2.45, 2.75) is 19.3 Å². The molecule has 1 fully saturated rings. The Morgan fingerprint density at radius 1 is 1.18 bits per heavy atom. The fourth-order valence-electron chi connectivity index (χ4n) is 2.49. The molecule has 1 aromatic carbocycles. The minimum atomic E-state index is 1.18. The molecule has 0 radical (unpaired) electrons. The standard InChI is InChI=1S/C14H16BrNS/c15-14-11-5-1-2-6-12(11)17-13(14)7-10-16-8-3-4-9-16/h1-2,5-6H,3-4,7-10H2. The number of hydrogen-bond acceptors (Lipinski definition) is 2. The Labute approximate surface area is 115 Å². The van der Waals surface area contributed by atoms with Gasteiger partial charge in [-0.05, 0) is 54.3 Å². The molecule has 0 bridgehead atoms. The van der Waals surface area contributed by atoms with Gasteiger partial charge in [-0.25, -0.2) is 0 Å². The third-order valence-electron chi connectivity index (χ3n) is 3.46. The van der Waals surface area contributed by atoms with Crippen molar-refractivity contribution in [1.82, 2.24) is 4.90 Å². The van der Waals surface area contributed by atoms with Crippen LogP contribution >= 0.6 is 27.3 Å². The number of likely N-dealkylation sites (tertiary alicyclic amines) is 1. The molecule has 2 aromatic rings. The molecule has 1 aliphatic rings. The number of hydrogen-bond donors (Lipinski definition) is 0. The molecular weight excluding hydrogens is 294 g/mol. The van der Waals surface area contributed by atoms with Crippen LogP contribution in [0.1, 0.15) is 17.7 Å². The lowest BCUT2D eigenvalue weighted by Crippen LogP contribution is -2.21. The zero-order valence-electron chi connectivity index (χ0n) is 9.79. The van der Waals surface area contributed by atoms with Crippen LogP contribution in [-0.4, -0.2) is 24.5 Å². The Kier molecular flexibility index (Phi) is 3.50. The molecule has 2 heterocycles. The summed E-state index contributed by atoms with van der Waals surface area (Å²) >= 11 is 5.69. The first-order chi connectivity index (χ1) is 8.34. The highest BCUT2D eigenvalue weighted by atomic mass is 79.9. The second-order valence-electron chi connectivity index (χ2n) is 4.63. The van der Waals surface area contributed by atoms with Gasteiger partial charge in [-0.2, -0.15) is 0 Å². The zero-order valence-corrected chi connectivity index (χ0v) is 12.2. The van der Waals surface area contributed by atoms with Gasteiger partial charge in [-0.3, -0.25) is 0 Å². The predicted molar refractivity (Wildman–Crippen MR) is 78.9 cm³/mol. The minimum absolute atomic E-state index is 1.18. The summed E-state index contributed by atoms with van der Waals surface area (Å²) in [6.45, 7) is 3.80. The molecule has 90 valence electrons. The Hall–Kier alpha value is -0.380. The van der Waals surface area contributed by atoms with Gasteiger partial charge in [0.1, 0.15) is 0 Å². The zero-order chi connectivity index (χ0) is 11.7. The lowest BCUT2D eigenvalue weighted by molar-refractivity contribution is 0.344. The average molecular weight is 310 g/mol. The highest BCUT2D eigenvalue weighted by molar-refractivity contribution is 9.10. The van der Waals surface area contributed by atoms with Gasteiger partial charge < -0.3 is 4.90 Å². The normalized spacial score (nSPS) is 17.0. The van der Waals surface area contributed by atoms with Crippen LogP contribution < -0.4 is 0 Å². The van der Waals surface area contributed by atoms with E-state index in [-0.39, 0.29) is 0 Å². The first-order valence-electron chi connectivity index (χ1n) is 6.23. The van der Waals surface area contributed by atoms with E-state index >= 15 is 0 Å². The Bertz CT molecular complexity index is 514. The maximum absolute atomic E-state index is 3.75. The third kappa shape index (κ3) is 2.42. The summed E-state index contributed by atoms with van der Waals surface area (Å²) in [4.78, 5) is 4.08. The van der Waals surface area contributed by atoms with Crippen molar-refractivity contribution in [1.29, 1.82) is 0 Å². The molecule has 1 aliphatic heterocycles. The van der Waals surface area contributed by atoms with Crippen LogP contribution in [0.5, 0.6) is 0 Å². The molecule has 0 spiro atoms. The Morgan fingerprint density at radius 2 is 1.94 bits per heavy atom. The number of halogens is 1. The summed E-state index contributed by atoms with van der Waals surface area (Å²) in [7, 11) is 0. The van der Waals surface area contributed by atoms with Crippen molar-refractivity contribution >= 4 is 37.4 Å². The highest BCUT2D eigenvalue weighted by Crippen LogP contribution is 2.35. The second-order valence-corrected chi connectivity index (χ2v) is 6.56. The van der Waals surface area contributed by atoms with Gasteiger partial charge in [0.2, 0.25) is 0 Å². The van der Waals surface area contributed by atoms with Crippen molar-refractivity contribution in [2.75, 3.05) is 19.6 Å². The van der Waals surface area contributed by atoms with Crippen molar-refractivity contribution in [3.63, 3.8) is 0 Å². The molecule has 3 heteroatoms. The average Bonchev–Trinajstić information content (AvgIpc) is 2.96. The van der Waals surface area contributed by atoms with Crippen molar-refractivity contribution in [3.05, 3.63) is 33.6 Å². The van der Waals surface area contributed by atoms with Gasteiger partial charge in [0.05, 0.1) is 0 Å². The maximum atomic E-state index is 3.75. The SMILES string of the molecule is Brc1c(CCN2CCCC2)sc2ccccc12. The minimum Gasteiger partial charge on any atom is -0.303 e. The molecule has 3 rings (SSSR count). The van der Waals surface area contributed by atoms with E-state index in [0.717, 1.165) is 0 Å². The molecule has 0 saturated carbocycles. The lowest BCUT2D eigenvalue weighted by atomic mass is 10.2. The monoisotopic (exact) mass is 309 g/mol. The van der Waals surface area contributed by atoms with E-state index in [0.29, 0.717) is 0 Å². The van der Waals surface area contributed by atoms with Crippen molar-refractivity contribution in [2.24, 2.45) is 0 Å². The van der Waals surface area contributed by atoms with E-state index in [9.17, 15) is 0 Å². The van der Waals surface area contributed by atoms with Crippen molar-refractivity contribution < 1.29 is 0 Å². The van der Waals surface area contributed by atoms with Crippen LogP contribution in [0.4, 0.5) is 0 Å². The summed E-state index contributed by atoms with van der Waals surface area (Å²) < 4.78 is 2.72. The number of thiophene rings is 1. The molecule has 0 atom stereocenters. The second kappa shape index (κ2) is 5.09. The lowest BCUT2D eigenvalue weighted by Gasteiger charge is -2.13. The first-order valence-corrected chi connectivity index (χ1v) is 7.84. The van der Waals surface area contributed by atoms with Crippen LogP contribution in [0.15, 0.2) is 28.7 Å². The Morgan fingerprint density at radius 3 is 2.71 bits per heavy atom. The van der Waals surface area contributed by atoms with E-state index in [1.54, 1.807) is 0 Å². The molecule has 0 amide bonds. The largest absolute Gasteiger partial charge is 0.303 e. The molecule has 0 N–H and O–H groups in total. The van der Waals surface area contributed by atoms with E-state index in [1.165, 1.54) is 58.3 Å². The van der Waals surface area contributed by atoms with Crippen molar-refractivity contribution in [3.8, 4) is 0 Å². The van der Waals surface area contributed by atoms with E-state index in [1.807, 2.05) is 11.3 Å². The highest BCUT2D eigenvalue weighted by Gasteiger charge is 2.14. The summed E-state index contributed by atoms with van der Waals surface area (Å²) in [5.74, 6) is 0. The molecule has 1 saturated heterocycles. The van der Waals surface area contributed by atoms with Gasteiger partial charge in [-0.1, -0.05) is 18.2 Å². The predicted octanol–water partition coefficient (Wildman–Crippen LogP) is 4.30. The van der Waals surface area contributed by atoms with Crippen LogP contribution in [0, 0.1) is 0 Å². The molecule has 0 unspecified atom stereocenters. The number of nitrogens with zero attached hydrogens (tertiary/aromatic N) is 1. The van der Waals surface area contributed by atoms with Crippen LogP contribution in [0.3, 0.4) is 0 Å². The number of fused-ring (bicyclic) bond motifs is 1. The van der Waals surface area contributed by atoms with Crippen LogP contribution in [0.2, 0.25) is 0 Å².